The fraction of sp³-hybridized carbons (Fsp3) is 0.333. The minimum absolute atomic E-state index is 0.187. The topological polar surface area (TPSA) is 67.9 Å². The number of ether oxygens (including phenoxy) is 2. The smallest absolute Gasteiger partial charge is 0.261 e. The van der Waals surface area contributed by atoms with Crippen LogP contribution in [0.5, 0.6) is 11.5 Å². The monoisotopic (exact) mass is 370 g/mol. The van der Waals surface area contributed by atoms with Crippen molar-refractivity contribution in [3.8, 4) is 11.5 Å². The molecule has 2 aromatic rings. The van der Waals surface area contributed by atoms with Crippen molar-refractivity contribution >= 4 is 11.8 Å². The predicted molar refractivity (Wildman–Crippen MR) is 104 cm³/mol. The second kappa shape index (κ2) is 9.62. The van der Waals surface area contributed by atoms with E-state index in [0.717, 1.165) is 11.1 Å². The predicted octanol–water partition coefficient (Wildman–Crippen LogP) is 2.55. The van der Waals surface area contributed by atoms with Crippen molar-refractivity contribution in [3.05, 3.63) is 59.7 Å². The molecule has 0 bridgehead atoms. The van der Waals surface area contributed by atoms with Gasteiger partial charge in [-0.15, -0.1) is 0 Å². The van der Waals surface area contributed by atoms with Crippen molar-refractivity contribution in [3.63, 3.8) is 0 Å². The second-order valence-corrected chi connectivity index (χ2v) is 6.18. The van der Waals surface area contributed by atoms with Crippen molar-refractivity contribution in [2.75, 3.05) is 20.8 Å². The van der Waals surface area contributed by atoms with Crippen LogP contribution in [-0.4, -0.2) is 43.5 Å². The SMILES string of the molecule is CNC(=O)C(C)N(Cc1ccccc1C)C(=O)COc1ccccc1OC. The highest BCUT2D eigenvalue weighted by Gasteiger charge is 2.26. The number of nitrogens with zero attached hydrogens (tertiary/aromatic N) is 1. The van der Waals surface area contributed by atoms with Gasteiger partial charge in [-0.3, -0.25) is 9.59 Å². The number of para-hydroxylation sites is 2. The van der Waals surface area contributed by atoms with Gasteiger partial charge < -0.3 is 19.7 Å². The van der Waals surface area contributed by atoms with Crippen molar-refractivity contribution in [1.29, 1.82) is 0 Å². The maximum Gasteiger partial charge on any atom is 0.261 e. The summed E-state index contributed by atoms with van der Waals surface area (Å²) < 4.78 is 10.9. The van der Waals surface area contributed by atoms with E-state index in [0.29, 0.717) is 18.0 Å². The van der Waals surface area contributed by atoms with Gasteiger partial charge >= 0.3 is 0 Å². The van der Waals surface area contributed by atoms with Crippen LogP contribution in [0.15, 0.2) is 48.5 Å². The number of rotatable bonds is 8. The van der Waals surface area contributed by atoms with Crippen molar-refractivity contribution in [2.24, 2.45) is 0 Å². The summed E-state index contributed by atoms with van der Waals surface area (Å²) in [6.07, 6.45) is 0. The minimum Gasteiger partial charge on any atom is -0.493 e. The Morgan fingerprint density at radius 3 is 2.33 bits per heavy atom. The molecular formula is C21H26N2O4. The molecule has 2 amide bonds. The molecule has 0 saturated heterocycles. The van der Waals surface area contributed by atoms with E-state index in [1.54, 1.807) is 39.3 Å². The third-order valence-electron chi connectivity index (χ3n) is 4.44. The summed E-state index contributed by atoms with van der Waals surface area (Å²) in [4.78, 5) is 26.5. The Kier molecular flexibility index (Phi) is 7.23. The summed E-state index contributed by atoms with van der Waals surface area (Å²) in [6.45, 7) is 3.83. The summed E-state index contributed by atoms with van der Waals surface area (Å²) >= 11 is 0. The van der Waals surface area contributed by atoms with E-state index in [2.05, 4.69) is 5.32 Å². The van der Waals surface area contributed by atoms with Gasteiger partial charge in [-0.2, -0.15) is 0 Å². The first kappa shape index (κ1) is 20.3. The van der Waals surface area contributed by atoms with Gasteiger partial charge in [-0.25, -0.2) is 0 Å². The zero-order valence-electron chi connectivity index (χ0n) is 16.2. The van der Waals surface area contributed by atoms with E-state index < -0.39 is 6.04 Å². The Morgan fingerprint density at radius 2 is 1.70 bits per heavy atom. The highest BCUT2D eigenvalue weighted by molar-refractivity contribution is 5.87. The third kappa shape index (κ3) is 5.23. The van der Waals surface area contributed by atoms with Gasteiger partial charge in [0.2, 0.25) is 5.91 Å². The first-order chi connectivity index (χ1) is 13.0. The molecule has 0 saturated carbocycles. The molecule has 1 N–H and O–H groups in total. The van der Waals surface area contributed by atoms with Crippen molar-refractivity contribution in [2.45, 2.75) is 26.4 Å². The Bertz CT molecular complexity index is 791. The Hall–Kier alpha value is -3.02. The lowest BCUT2D eigenvalue weighted by Gasteiger charge is -2.29. The van der Waals surface area contributed by atoms with Crippen LogP contribution in [-0.2, 0) is 16.1 Å². The highest BCUT2D eigenvalue weighted by Crippen LogP contribution is 2.26. The van der Waals surface area contributed by atoms with E-state index in [1.807, 2.05) is 37.3 Å². The van der Waals surface area contributed by atoms with Crippen LogP contribution < -0.4 is 14.8 Å². The maximum absolute atomic E-state index is 12.9. The normalized spacial score (nSPS) is 11.4. The summed E-state index contributed by atoms with van der Waals surface area (Å²) in [5, 5.41) is 2.60. The molecule has 1 unspecified atom stereocenters. The van der Waals surface area contributed by atoms with Gasteiger partial charge in [0.25, 0.3) is 5.91 Å². The molecular weight excluding hydrogens is 344 g/mol. The van der Waals surface area contributed by atoms with Gasteiger partial charge in [-0.1, -0.05) is 36.4 Å². The number of hydrogen-bond donors (Lipinski definition) is 1. The molecule has 0 heterocycles. The van der Waals surface area contributed by atoms with Crippen LogP contribution in [0.1, 0.15) is 18.1 Å². The maximum atomic E-state index is 12.9. The summed E-state index contributed by atoms with van der Waals surface area (Å²) in [5.74, 6) is 0.529. The molecule has 0 aliphatic heterocycles. The number of methoxy groups -OCH3 is 1. The van der Waals surface area contributed by atoms with Crippen LogP contribution in [0.4, 0.5) is 0 Å². The molecule has 2 aromatic carbocycles. The molecule has 2 rings (SSSR count). The molecule has 6 nitrogen and oxygen atoms in total. The summed E-state index contributed by atoms with van der Waals surface area (Å²) in [6, 6.07) is 14.3. The van der Waals surface area contributed by atoms with E-state index in [9.17, 15) is 9.59 Å². The van der Waals surface area contributed by atoms with Crippen LogP contribution in [0.3, 0.4) is 0 Å². The Labute approximate surface area is 160 Å². The molecule has 144 valence electrons. The van der Waals surface area contributed by atoms with Gasteiger partial charge in [-0.05, 0) is 37.1 Å². The fourth-order valence-corrected chi connectivity index (χ4v) is 2.72. The largest absolute Gasteiger partial charge is 0.493 e. The van der Waals surface area contributed by atoms with Crippen molar-refractivity contribution in [1.82, 2.24) is 10.2 Å². The molecule has 0 spiro atoms. The van der Waals surface area contributed by atoms with E-state index in [-0.39, 0.29) is 18.4 Å². The average Bonchev–Trinajstić information content (AvgIpc) is 2.70. The van der Waals surface area contributed by atoms with Crippen LogP contribution >= 0.6 is 0 Å². The zero-order chi connectivity index (χ0) is 19.8. The lowest BCUT2D eigenvalue weighted by Crippen LogP contribution is -2.48. The fourth-order valence-electron chi connectivity index (χ4n) is 2.72. The first-order valence-corrected chi connectivity index (χ1v) is 8.79. The number of benzene rings is 2. The Balaban J connectivity index is 2.17. The molecule has 0 aliphatic carbocycles. The van der Waals surface area contributed by atoms with E-state index >= 15 is 0 Å². The number of carbonyl (C=O) groups is 2. The third-order valence-corrected chi connectivity index (χ3v) is 4.44. The summed E-state index contributed by atoms with van der Waals surface area (Å²) in [7, 11) is 3.10. The highest BCUT2D eigenvalue weighted by atomic mass is 16.5. The van der Waals surface area contributed by atoms with Gasteiger partial charge in [0, 0.05) is 13.6 Å². The number of hydrogen-bond acceptors (Lipinski definition) is 4. The molecule has 0 aromatic heterocycles. The number of amides is 2. The molecule has 0 radical (unpaired) electrons. The lowest BCUT2D eigenvalue weighted by atomic mass is 10.1. The molecule has 27 heavy (non-hydrogen) atoms. The number of aryl methyl sites for hydroxylation is 1. The van der Waals surface area contributed by atoms with E-state index in [4.69, 9.17) is 9.47 Å². The second-order valence-electron chi connectivity index (χ2n) is 6.18. The number of nitrogens with one attached hydrogen (secondary N) is 1. The molecule has 0 aliphatic rings. The minimum atomic E-state index is -0.622. The molecule has 0 fully saturated rings. The van der Waals surface area contributed by atoms with Crippen LogP contribution in [0.25, 0.3) is 0 Å². The lowest BCUT2D eigenvalue weighted by molar-refractivity contribution is -0.142. The zero-order valence-corrected chi connectivity index (χ0v) is 16.2. The van der Waals surface area contributed by atoms with Crippen LogP contribution in [0.2, 0.25) is 0 Å². The van der Waals surface area contributed by atoms with Gasteiger partial charge in [0.1, 0.15) is 6.04 Å². The number of likely N-dealkylation sites (N-methyl/N-ethyl adjacent to an activating group) is 1. The summed E-state index contributed by atoms with van der Waals surface area (Å²) in [5.41, 5.74) is 2.05. The number of carbonyl (C=O) groups excluding carboxylic acids is 2. The van der Waals surface area contributed by atoms with Gasteiger partial charge in [0.15, 0.2) is 18.1 Å². The van der Waals surface area contributed by atoms with E-state index in [1.165, 1.54) is 4.90 Å². The average molecular weight is 370 g/mol. The first-order valence-electron chi connectivity index (χ1n) is 8.79. The quantitative estimate of drug-likeness (QED) is 0.775. The van der Waals surface area contributed by atoms with Crippen molar-refractivity contribution < 1.29 is 19.1 Å². The van der Waals surface area contributed by atoms with Gasteiger partial charge in [0.05, 0.1) is 7.11 Å². The molecule has 1 atom stereocenters. The van der Waals surface area contributed by atoms with Crippen LogP contribution in [0, 0.1) is 6.92 Å². The molecule has 6 heteroatoms. The standard InChI is InChI=1S/C21H26N2O4/c1-15-9-5-6-10-17(15)13-23(16(2)21(25)22-3)20(24)14-27-19-12-8-7-11-18(19)26-4/h5-12,16H,13-14H2,1-4H3,(H,22,25). The Morgan fingerprint density at radius 1 is 1.07 bits per heavy atom.